The number of oxime groups is 1. The number of rotatable bonds is 9. The normalized spacial score (nSPS) is 18.1. The number of amidine groups is 1. The molecule has 3 heterocycles. The highest BCUT2D eigenvalue weighted by Crippen LogP contribution is 2.22. The van der Waals surface area contributed by atoms with Crippen molar-refractivity contribution in [3.8, 4) is 0 Å². The van der Waals surface area contributed by atoms with E-state index < -0.39 is 10.1 Å². The van der Waals surface area contributed by atoms with Crippen LogP contribution >= 0.6 is 0 Å². The molecular weight excluding hydrogens is 672 g/mol. The molecule has 17 heteroatoms. The average molecular weight is 733 g/mol. The van der Waals surface area contributed by atoms with E-state index in [1.165, 1.54) is 0 Å². The Kier molecular flexibility index (Phi) is 20.5. The highest BCUT2D eigenvalue weighted by atomic mass is 32.2. The van der Waals surface area contributed by atoms with E-state index in [-0.39, 0.29) is 55.0 Å². The van der Waals surface area contributed by atoms with Crippen molar-refractivity contribution in [3.05, 3.63) is 11.4 Å². The number of nitrogens with two attached hydrogens (primary N) is 1. The van der Waals surface area contributed by atoms with Gasteiger partial charge in [-0.05, 0) is 91.9 Å². The van der Waals surface area contributed by atoms with Crippen molar-refractivity contribution in [2.75, 3.05) is 58.7 Å². The van der Waals surface area contributed by atoms with Gasteiger partial charge in [0.05, 0.1) is 31.2 Å². The van der Waals surface area contributed by atoms with Crippen LogP contribution in [0.25, 0.3) is 4.85 Å². The molecule has 3 amide bonds. The van der Waals surface area contributed by atoms with E-state index in [1.807, 2.05) is 41.5 Å². The molecule has 50 heavy (non-hydrogen) atoms. The lowest BCUT2D eigenvalue weighted by Gasteiger charge is -2.31. The predicted molar refractivity (Wildman–Crippen MR) is 188 cm³/mol. The van der Waals surface area contributed by atoms with Crippen molar-refractivity contribution in [3.63, 3.8) is 0 Å². The molecule has 0 spiro atoms. The number of likely N-dealkylation sites (tertiary alicyclic amines) is 3. The number of carbonyl (C=O) groups excluding carboxylic acids is 3. The highest BCUT2D eigenvalue weighted by Gasteiger charge is 2.27. The van der Waals surface area contributed by atoms with Crippen LogP contribution in [0.3, 0.4) is 0 Å². The van der Waals surface area contributed by atoms with E-state index in [1.54, 1.807) is 14.7 Å². The zero-order valence-electron chi connectivity index (χ0n) is 30.9. The van der Waals surface area contributed by atoms with Gasteiger partial charge < -0.3 is 44.7 Å². The number of hydrogen-bond acceptors (Lipinski definition) is 11. The Morgan fingerprint density at radius 2 is 1.08 bits per heavy atom. The largest absolute Gasteiger partial charge is 0.447 e. The zero-order chi connectivity index (χ0) is 37.9. The Balaban J connectivity index is 0.000000377. The van der Waals surface area contributed by atoms with Gasteiger partial charge in [-0.1, -0.05) is 5.16 Å². The van der Waals surface area contributed by atoms with Crippen molar-refractivity contribution in [1.82, 2.24) is 14.7 Å². The molecule has 3 fully saturated rings. The summed E-state index contributed by atoms with van der Waals surface area (Å²) in [5.41, 5.74) is 5.46. The van der Waals surface area contributed by atoms with Gasteiger partial charge >= 0.3 is 18.3 Å². The molecule has 3 rings (SSSR count). The summed E-state index contributed by atoms with van der Waals surface area (Å²) in [6.45, 7) is 22.6. The third-order valence-corrected chi connectivity index (χ3v) is 8.69. The van der Waals surface area contributed by atoms with Crippen LogP contribution in [0, 0.1) is 24.3 Å². The Labute approximate surface area is 298 Å². The van der Waals surface area contributed by atoms with Crippen LogP contribution in [0.15, 0.2) is 5.16 Å². The van der Waals surface area contributed by atoms with Gasteiger partial charge in [0.25, 0.3) is 10.1 Å². The third kappa shape index (κ3) is 19.6. The minimum atomic E-state index is -3.37. The fourth-order valence-corrected chi connectivity index (χ4v) is 5.85. The van der Waals surface area contributed by atoms with Crippen LogP contribution in [-0.2, 0) is 28.5 Å². The lowest BCUT2D eigenvalue weighted by molar-refractivity contribution is 0.0609. The molecule has 0 bridgehead atoms. The molecule has 0 aromatic heterocycles. The van der Waals surface area contributed by atoms with Gasteiger partial charge in [-0.2, -0.15) is 8.42 Å². The molecule has 0 unspecified atom stereocenters. The van der Waals surface area contributed by atoms with Gasteiger partial charge in [0.2, 0.25) is 6.54 Å². The van der Waals surface area contributed by atoms with Crippen LogP contribution in [0.2, 0.25) is 0 Å². The second-order valence-corrected chi connectivity index (χ2v) is 15.4. The van der Waals surface area contributed by atoms with Crippen molar-refractivity contribution in [2.45, 2.75) is 105 Å². The summed E-state index contributed by atoms with van der Waals surface area (Å²) in [6, 6.07) is 0. The van der Waals surface area contributed by atoms with Gasteiger partial charge in [-0.15, -0.1) is 0 Å². The van der Waals surface area contributed by atoms with E-state index in [9.17, 15) is 22.8 Å². The van der Waals surface area contributed by atoms with Crippen LogP contribution in [0.4, 0.5) is 14.4 Å². The Morgan fingerprint density at radius 3 is 1.38 bits per heavy atom. The van der Waals surface area contributed by atoms with E-state index in [2.05, 4.69) is 10.0 Å². The topological polar surface area (TPSA) is 195 Å². The first-order valence-electron chi connectivity index (χ1n) is 17.4. The fraction of sp³-hybridized carbons (Fsp3) is 0.848. The van der Waals surface area contributed by atoms with Crippen LogP contribution in [-0.4, -0.2) is 129 Å². The minimum Gasteiger partial charge on any atom is -0.447 e. The maximum absolute atomic E-state index is 11.6. The first kappa shape index (κ1) is 44.5. The second kappa shape index (κ2) is 23.0. The maximum atomic E-state index is 11.6. The molecule has 0 radical (unpaired) electrons. The molecule has 0 aromatic carbocycles. The summed E-state index contributed by atoms with van der Waals surface area (Å²) < 4.78 is 41.8. The van der Waals surface area contributed by atoms with Crippen molar-refractivity contribution < 1.29 is 46.4 Å². The van der Waals surface area contributed by atoms with Gasteiger partial charge in [-0.25, -0.2) is 21.0 Å². The third-order valence-electron chi connectivity index (χ3n) is 8.12. The molecular formula is C33H60N6O10S. The van der Waals surface area contributed by atoms with Crippen molar-refractivity contribution in [1.29, 1.82) is 0 Å². The summed E-state index contributed by atoms with van der Waals surface area (Å²) in [5, 5.41) is 11.4. The van der Waals surface area contributed by atoms with Crippen LogP contribution in [0.5, 0.6) is 0 Å². The van der Waals surface area contributed by atoms with Gasteiger partial charge in [-0.3, -0.25) is 4.18 Å². The summed E-state index contributed by atoms with van der Waals surface area (Å²) in [7, 11) is -3.37. The van der Waals surface area contributed by atoms with Gasteiger partial charge in [0.15, 0.2) is 0 Å². The molecule has 0 aliphatic carbocycles. The molecule has 3 aliphatic rings. The highest BCUT2D eigenvalue weighted by molar-refractivity contribution is 7.85. The van der Waals surface area contributed by atoms with Gasteiger partial charge in [0.1, 0.15) is 5.84 Å². The Bertz CT molecular complexity index is 1200. The molecule has 3 aliphatic heterocycles. The van der Waals surface area contributed by atoms with E-state index in [0.717, 1.165) is 57.9 Å². The monoisotopic (exact) mass is 732 g/mol. The lowest BCUT2D eigenvalue weighted by Crippen LogP contribution is -2.40. The smallest absolute Gasteiger partial charge is 0.410 e. The molecule has 16 nitrogen and oxygen atoms in total. The van der Waals surface area contributed by atoms with E-state index >= 15 is 0 Å². The number of piperidine rings is 3. The molecule has 0 atom stereocenters. The Morgan fingerprint density at radius 1 is 0.740 bits per heavy atom. The van der Waals surface area contributed by atoms with Crippen molar-refractivity contribution in [2.24, 2.45) is 28.6 Å². The standard InChI is InChI=1S/C11H21N3O3.C11H18N2O2.C11H21NO5S/c1-8(2)17-11(15)14-5-3-9(4-6-14)7-10(12)13-16;1-9(2)15-11(14)13-6-4-10(5-7-13)8-12-3;1-9(2)17-11(13)12-6-4-10(5-7-12)8-16-18(3,14)15/h8-9,16H,3-7H2,1-2H3,(H2,12,13);9-10H,4-8H2,1-2H3;9-10H,4-8H2,1-3H3. The number of hydrogen-bond donors (Lipinski definition) is 2. The number of carbonyl (C=O) groups is 3. The quantitative estimate of drug-likeness (QED) is 0.0631. The van der Waals surface area contributed by atoms with Crippen molar-refractivity contribution >= 4 is 34.2 Å². The first-order chi connectivity index (χ1) is 23.4. The van der Waals surface area contributed by atoms with Crippen LogP contribution < -0.4 is 5.73 Å². The number of ether oxygens (including phenoxy) is 3. The number of amides is 3. The molecule has 0 aromatic rings. The van der Waals surface area contributed by atoms with Crippen LogP contribution in [0.1, 0.15) is 86.5 Å². The minimum absolute atomic E-state index is 0.0570. The summed E-state index contributed by atoms with van der Waals surface area (Å²) in [6.07, 6.45) is 5.66. The maximum Gasteiger partial charge on any atom is 0.410 e. The summed E-state index contributed by atoms with van der Waals surface area (Å²) in [5.74, 6) is 1.29. The molecule has 0 saturated carbocycles. The molecule has 288 valence electrons. The summed E-state index contributed by atoms with van der Waals surface area (Å²) >= 11 is 0. The number of nitrogens with zero attached hydrogens (tertiary/aromatic N) is 5. The SMILES string of the molecule is CC(C)OC(=O)N1CCC(C/C(N)=N/O)CC1.CC(C)OC(=O)N1CCC(COS(C)(=O)=O)CC1.[C-]#[N+]CC1CCN(C(=O)OC(C)C)CC1. The summed E-state index contributed by atoms with van der Waals surface area (Å²) in [4.78, 5) is 43.2. The zero-order valence-corrected chi connectivity index (χ0v) is 31.7. The predicted octanol–water partition coefficient (Wildman–Crippen LogP) is 4.76. The second-order valence-electron chi connectivity index (χ2n) is 13.7. The van der Waals surface area contributed by atoms with E-state index in [4.69, 9.17) is 35.9 Å². The fourth-order valence-electron chi connectivity index (χ4n) is 5.41. The average Bonchev–Trinajstić information content (AvgIpc) is 3.04. The molecule has 3 saturated heterocycles. The van der Waals surface area contributed by atoms with E-state index in [0.29, 0.717) is 51.0 Å². The van der Waals surface area contributed by atoms with Gasteiger partial charge in [0, 0.05) is 51.6 Å². The Hall–Kier alpha value is -3.52. The lowest BCUT2D eigenvalue weighted by atomic mass is 9.93. The molecule has 3 N–H and O–H groups in total. The first-order valence-corrected chi connectivity index (χ1v) is 19.3.